The molecule has 37 nitrogen and oxygen atoms in total. The number of ketones is 3. The molecule has 4 aliphatic heterocycles. The molecular weight excluding hydrogens is 1930 g/mol. The van der Waals surface area contributed by atoms with E-state index in [2.05, 4.69) is 21.3 Å². The number of methoxy groups -OCH3 is 3. The number of allylic oxidation sites excluding steroid dienone is 8. The van der Waals surface area contributed by atoms with Crippen molar-refractivity contribution in [3.63, 3.8) is 0 Å². The molecule has 0 spiro atoms. The first-order valence-corrected chi connectivity index (χ1v) is 54.5. The zero-order valence-electron chi connectivity index (χ0n) is 96.7. The summed E-state index contributed by atoms with van der Waals surface area (Å²) in [7, 11) is 14.4. The molecule has 0 aromatic heterocycles. The van der Waals surface area contributed by atoms with E-state index < -0.39 is 240 Å². The monoisotopic (exact) mass is 2120 g/mol. The zero-order valence-corrected chi connectivity index (χ0v) is 96.7. The summed E-state index contributed by atoms with van der Waals surface area (Å²) in [4.78, 5) is 240. The van der Waals surface area contributed by atoms with Crippen LogP contribution in [0.1, 0.15) is 282 Å². The quantitative estimate of drug-likeness (QED) is 0.0301. The Morgan fingerprint density at radius 1 is 0.540 bits per heavy atom. The van der Waals surface area contributed by atoms with Crippen LogP contribution in [0.2, 0.25) is 0 Å². The highest BCUT2D eigenvalue weighted by Crippen LogP contribution is 2.40. The average Bonchev–Trinajstić information content (AvgIpc) is 0.771. The first kappa shape index (κ1) is 133. The number of fused-ring (bicyclic) bond motifs is 3. The number of aliphatic hydroxyl groups excluding tert-OH is 3. The van der Waals surface area contributed by atoms with Crippen LogP contribution in [0.4, 0.5) is 0 Å². The number of nitrogens with zero attached hydrogens (tertiary/aromatic N) is 8. The number of ether oxygens (including phenoxy) is 5. The molecule has 27 atom stereocenters. The molecular formula is C113H190N12O25. The maximum atomic E-state index is 15.1. The van der Waals surface area contributed by atoms with E-state index in [-0.39, 0.29) is 111 Å². The molecule has 4 heterocycles. The van der Waals surface area contributed by atoms with Crippen LogP contribution < -0.4 is 21.3 Å². The SMILES string of the molecule is C/C=C/C[C@@H](C)[C@@H](O)[C@H]1C(=O)N[C@@H](CC)C(=O)N(C)CC(=O)N(C)[C@@H](CC(C)C)C(=O)N[C@@H](C(C)C)C(=O)N(C)[C@@H](CC(C)C)C(=O)N[C@@H](C)C(=O)N[C@H](C)C(=O)N(C)[C@@H](CC(C)C)C(=O)N(C)[C@@H](CC(C)C)C(=O)N(C)[C@@H](C(C)C)C(=O)N1C.CO[C@H]1C[C@@H]2CC[C@@H](C)[C@@](O)(O2)C(=O)C(=O)N2CCCC[C@H]2C(=O)O[C@H]([C@H](C)C[C@@H]2CC[C@@H](O)[C@H](OC)C2)CC(=O)[C@H](C)/C=C(\C)[C@@H](O)[C@@H](OC)C(=O)[C@H](C)C[C@H](C)\C=C/C=C/C=C/1C. The Hall–Kier alpha value is -9.50. The minimum Gasteiger partial charge on any atom is -0.460 e. The lowest BCUT2D eigenvalue weighted by atomic mass is 9.78. The van der Waals surface area contributed by atoms with Crippen molar-refractivity contribution in [2.45, 2.75) is 403 Å². The average molecular weight is 2120 g/mol. The highest BCUT2D eigenvalue weighted by Gasteiger charge is 2.55. The number of hydrogen-bond acceptors (Lipinski definition) is 25. The van der Waals surface area contributed by atoms with Crippen molar-refractivity contribution in [1.82, 2.24) is 60.5 Å². The number of esters is 1. The second-order valence-electron chi connectivity index (χ2n) is 45.7. The van der Waals surface area contributed by atoms with Gasteiger partial charge in [-0.1, -0.05) is 180 Å². The van der Waals surface area contributed by atoms with Crippen molar-refractivity contribution < 1.29 is 121 Å². The molecule has 0 aromatic rings. The van der Waals surface area contributed by atoms with Crippen LogP contribution in [0.15, 0.2) is 59.8 Å². The number of carbonyl (C=O) groups is 16. The van der Waals surface area contributed by atoms with Crippen molar-refractivity contribution >= 4 is 94.2 Å². The Bertz CT molecular complexity index is 4650. The van der Waals surface area contributed by atoms with Gasteiger partial charge in [0.15, 0.2) is 5.78 Å². The molecule has 5 rings (SSSR count). The molecule has 12 amide bonds. The molecule has 150 heavy (non-hydrogen) atoms. The van der Waals surface area contributed by atoms with Crippen LogP contribution in [-0.4, -0.2) is 359 Å². The maximum Gasteiger partial charge on any atom is 0.329 e. The summed E-state index contributed by atoms with van der Waals surface area (Å²) >= 11 is 0. The Kier molecular flexibility index (Phi) is 55.0. The molecule has 0 aromatic carbocycles. The lowest BCUT2D eigenvalue weighted by molar-refractivity contribution is -0.265. The molecule has 3 saturated heterocycles. The highest BCUT2D eigenvalue weighted by molar-refractivity contribution is 6.39. The lowest BCUT2D eigenvalue weighted by Crippen LogP contribution is -2.63. The van der Waals surface area contributed by atoms with Gasteiger partial charge in [0.05, 0.1) is 37.1 Å². The minimum atomic E-state index is -2.43. The molecule has 0 radical (unpaired) electrons. The number of carbonyl (C=O) groups excluding carboxylic acids is 16. The lowest BCUT2D eigenvalue weighted by Gasteiger charge is -2.42. The summed E-state index contributed by atoms with van der Waals surface area (Å²) in [5.41, 5.74) is 1.27. The summed E-state index contributed by atoms with van der Waals surface area (Å²) in [5.74, 6) is -17.7. The van der Waals surface area contributed by atoms with Crippen molar-refractivity contribution in [3.05, 3.63) is 59.8 Å². The summed E-state index contributed by atoms with van der Waals surface area (Å²) in [6.45, 7) is 42.1. The topological polar surface area (TPSA) is 474 Å². The number of cyclic esters (lactones) is 1. The fraction of sp³-hybridized carbons (Fsp3) is 0.770. The fourth-order valence-corrected chi connectivity index (χ4v) is 20.8. The predicted octanol–water partition coefficient (Wildman–Crippen LogP) is 9.45. The molecule has 1 aliphatic carbocycles. The smallest absolute Gasteiger partial charge is 0.329 e. The van der Waals surface area contributed by atoms with E-state index in [0.29, 0.717) is 69.8 Å². The van der Waals surface area contributed by atoms with E-state index in [4.69, 9.17) is 23.7 Å². The van der Waals surface area contributed by atoms with Crippen molar-refractivity contribution in [1.29, 1.82) is 0 Å². The molecule has 5 aliphatic rings. The first-order chi connectivity index (χ1) is 70.0. The summed E-state index contributed by atoms with van der Waals surface area (Å²) < 4.78 is 29.4. The fourth-order valence-electron chi connectivity index (χ4n) is 20.8. The van der Waals surface area contributed by atoms with Crippen LogP contribution in [0, 0.1) is 76.9 Å². The minimum absolute atomic E-state index is 0.0193. The van der Waals surface area contributed by atoms with Gasteiger partial charge in [-0.3, -0.25) is 71.9 Å². The first-order valence-electron chi connectivity index (χ1n) is 54.5. The number of hydrogen-bond donors (Lipinski definition) is 8. The number of nitrogens with one attached hydrogen (secondary N) is 4. The zero-order chi connectivity index (χ0) is 114. The van der Waals surface area contributed by atoms with Crippen LogP contribution in [-0.2, 0) is 100 Å². The van der Waals surface area contributed by atoms with Gasteiger partial charge in [0.1, 0.15) is 90.6 Å². The molecule has 8 N–H and O–H groups in total. The third kappa shape index (κ3) is 37.4. The number of aliphatic hydroxyl groups is 4. The Morgan fingerprint density at radius 3 is 1.63 bits per heavy atom. The largest absolute Gasteiger partial charge is 0.460 e. The Labute approximate surface area is 894 Å². The normalized spacial score (nSPS) is 32.8. The van der Waals surface area contributed by atoms with Gasteiger partial charge in [-0.25, -0.2) is 4.79 Å². The van der Waals surface area contributed by atoms with E-state index >= 15 is 9.59 Å². The van der Waals surface area contributed by atoms with Gasteiger partial charge >= 0.3 is 5.97 Å². The number of likely N-dealkylation sites (N-methyl/N-ethyl adjacent to an activating group) is 7. The molecule has 4 fully saturated rings. The number of Topliss-reactive ketones (excluding diaryl/α,β-unsaturated/α-hetero) is 3. The number of piperidine rings is 1. The Balaban J connectivity index is 0.000000645. The number of rotatable bonds is 21. The molecule has 852 valence electrons. The second kappa shape index (κ2) is 62.1. The third-order valence-electron chi connectivity index (χ3n) is 30.6. The van der Waals surface area contributed by atoms with Gasteiger partial charge in [-0.15, -0.1) is 0 Å². The van der Waals surface area contributed by atoms with Crippen molar-refractivity contribution in [2.75, 3.05) is 83.8 Å². The molecule has 0 unspecified atom stereocenters. The van der Waals surface area contributed by atoms with E-state index in [0.717, 1.165) is 21.8 Å². The standard InChI is InChI=1S/C62H111N11O12.C51H79NO13/c1-25-27-28-40(15)52(75)51-56(79)65-43(26-2)58(81)67(18)33-48(74)68(19)44(29-34(3)4)55(78)66-49(38(11)12)61(84)69(20)45(30-35(5)6)54(77)63-41(16)53(76)64-42(17)57(80)70(21)46(31-36(7)8)59(82)71(22)47(32-37(9)10)60(83)72(23)50(39(13)14)62(85)73(51)24;1-30-16-12-11-13-17-31(2)42(61-8)28-38-21-19-36(7)51(60,65-38)48(57)49(58)52-23-15-14-18-39(52)50(59)64-43(33(4)26-37-20-22-40(53)44(27-37)62-9)29-41(54)32(3)25-35(6)46(56)47(63-10)45(55)34(5)24-30/h25,27,34-47,49-52,75H,26,28-33H2,1-24H3,(H,63,77)(H,64,76)(H,65,79)(H,66,78);11-13,16-17,25,30,32-34,36-40,42-44,46-47,53,56,60H,14-15,18-24,26-29H2,1-10H3/b27-25+;13-11+,16-12-,31-17+,35-25+/t40-,41+,42-,43+,44+,45+,46+,47+,49+,50+,51+,52-;30-,32-,33-,34-,36-,37+,38+,39+,40-,42+,43+,44-,46-,47+,51-/m11/s1. The molecule has 37 heteroatoms. The van der Waals surface area contributed by atoms with E-state index in [1.165, 1.54) is 99.7 Å². The highest BCUT2D eigenvalue weighted by atomic mass is 16.6. The van der Waals surface area contributed by atoms with Crippen LogP contribution in [0.5, 0.6) is 0 Å². The predicted molar refractivity (Wildman–Crippen MR) is 574 cm³/mol. The van der Waals surface area contributed by atoms with Crippen LogP contribution in [0.3, 0.4) is 0 Å². The summed E-state index contributed by atoms with van der Waals surface area (Å²) in [5, 5.41) is 56.9. The van der Waals surface area contributed by atoms with Gasteiger partial charge in [0, 0.05) is 108 Å². The van der Waals surface area contributed by atoms with Gasteiger partial charge < -0.3 is 105 Å². The molecule has 2 bridgehead atoms. The van der Waals surface area contributed by atoms with Gasteiger partial charge in [0.25, 0.3) is 11.7 Å². The van der Waals surface area contributed by atoms with E-state index in [1.54, 1.807) is 95.6 Å². The number of amides is 12. The summed E-state index contributed by atoms with van der Waals surface area (Å²) in [6, 6.07) is -13.5. The molecule has 1 saturated carbocycles. The van der Waals surface area contributed by atoms with Crippen molar-refractivity contribution in [3.8, 4) is 0 Å². The van der Waals surface area contributed by atoms with Crippen LogP contribution >= 0.6 is 0 Å². The summed E-state index contributed by atoms with van der Waals surface area (Å²) in [6.07, 6.45) is 14.2. The van der Waals surface area contributed by atoms with Gasteiger partial charge in [-0.05, 0) is 208 Å². The van der Waals surface area contributed by atoms with Gasteiger partial charge in [-0.2, -0.15) is 0 Å². The van der Waals surface area contributed by atoms with E-state index in [1.807, 2.05) is 120 Å². The second-order valence-corrected chi connectivity index (χ2v) is 45.7. The third-order valence-corrected chi connectivity index (χ3v) is 30.6. The van der Waals surface area contributed by atoms with Crippen molar-refractivity contribution in [2.24, 2.45) is 76.9 Å². The Morgan fingerprint density at radius 2 is 1.09 bits per heavy atom. The maximum absolute atomic E-state index is 15.1. The van der Waals surface area contributed by atoms with Crippen LogP contribution in [0.25, 0.3) is 0 Å². The van der Waals surface area contributed by atoms with E-state index in [9.17, 15) is 87.5 Å². The van der Waals surface area contributed by atoms with Gasteiger partial charge in [0.2, 0.25) is 70.8 Å².